The number of thiophene rings is 1. The minimum atomic E-state index is -3.61. The third-order valence-electron chi connectivity index (χ3n) is 4.70. The molecular weight excluding hydrogens is 412 g/mol. The van der Waals surface area contributed by atoms with E-state index in [-0.39, 0.29) is 4.90 Å². The number of amides is 1. The van der Waals surface area contributed by atoms with Gasteiger partial charge in [0.25, 0.3) is 5.91 Å². The van der Waals surface area contributed by atoms with Crippen molar-refractivity contribution in [3.8, 4) is 0 Å². The number of nitrogens with zero attached hydrogens (tertiary/aromatic N) is 1. The molecule has 1 aliphatic heterocycles. The summed E-state index contributed by atoms with van der Waals surface area (Å²) in [4.78, 5) is 24.7. The van der Waals surface area contributed by atoms with Gasteiger partial charge in [0.15, 0.2) is 6.61 Å². The van der Waals surface area contributed by atoms with E-state index in [0.29, 0.717) is 23.7 Å². The van der Waals surface area contributed by atoms with Gasteiger partial charge in [-0.1, -0.05) is 18.9 Å². The van der Waals surface area contributed by atoms with E-state index >= 15 is 0 Å². The summed E-state index contributed by atoms with van der Waals surface area (Å²) in [5, 5.41) is 4.37. The first kappa shape index (κ1) is 21.5. The summed E-state index contributed by atoms with van der Waals surface area (Å²) in [6.07, 6.45) is 3.77. The summed E-state index contributed by atoms with van der Waals surface area (Å²) in [7, 11) is -3.61. The van der Waals surface area contributed by atoms with Crippen molar-refractivity contribution >= 4 is 38.9 Å². The number of anilines is 1. The Hall–Kier alpha value is -2.23. The molecule has 1 fully saturated rings. The second-order valence-electron chi connectivity index (χ2n) is 6.90. The van der Waals surface area contributed by atoms with Crippen molar-refractivity contribution < 1.29 is 22.7 Å². The Balaban J connectivity index is 1.62. The van der Waals surface area contributed by atoms with E-state index in [2.05, 4.69) is 5.32 Å². The zero-order valence-corrected chi connectivity index (χ0v) is 17.9. The third kappa shape index (κ3) is 5.43. The fraction of sp³-hybridized carbons (Fsp3) is 0.400. The van der Waals surface area contributed by atoms with Crippen molar-refractivity contribution in [1.29, 1.82) is 0 Å². The Bertz CT molecular complexity index is 976. The number of nitrogens with one attached hydrogen (secondary N) is 1. The molecule has 1 aromatic carbocycles. The highest BCUT2D eigenvalue weighted by Crippen LogP contribution is 2.23. The molecular formula is C20H24N2O5S2. The van der Waals surface area contributed by atoms with Gasteiger partial charge >= 0.3 is 5.97 Å². The Morgan fingerprint density at radius 2 is 1.86 bits per heavy atom. The number of rotatable bonds is 6. The van der Waals surface area contributed by atoms with E-state index in [4.69, 9.17) is 4.74 Å². The molecule has 0 aliphatic carbocycles. The number of sulfonamides is 1. The molecule has 0 spiro atoms. The van der Waals surface area contributed by atoms with Gasteiger partial charge in [-0.15, -0.1) is 11.3 Å². The molecule has 9 heteroatoms. The van der Waals surface area contributed by atoms with Crippen LogP contribution in [0.5, 0.6) is 0 Å². The molecule has 3 rings (SSSR count). The monoisotopic (exact) mass is 436 g/mol. The van der Waals surface area contributed by atoms with Crippen molar-refractivity contribution in [3.63, 3.8) is 0 Å². The van der Waals surface area contributed by atoms with Gasteiger partial charge in [-0.3, -0.25) is 4.79 Å². The van der Waals surface area contributed by atoms with Crippen LogP contribution in [0.1, 0.15) is 40.9 Å². The fourth-order valence-electron chi connectivity index (χ4n) is 3.14. The van der Waals surface area contributed by atoms with E-state index in [9.17, 15) is 18.0 Å². The molecule has 2 heterocycles. The highest BCUT2D eigenvalue weighted by Gasteiger charge is 2.25. The van der Waals surface area contributed by atoms with E-state index in [1.54, 1.807) is 30.5 Å². The van der Waals surface area contributed by atoms with Gasteiger partial charge in [-0.25, -0.2) is 13.2 Å². The number of esters is 1. The SMILES string of the molecule is Cc1ccsc1C(=O)OCC(=O)Nc1cccc(S(=O)(=O)N2CCCCCC2)c1. The molecule has 0 bridgehead atoms. The highest BCUT2D eigenvalue weighted by molar-refractivity contribution is 7.89. The van der Waals surface area contributed by atoms with E-state index in [0.717, 1.165) is 31.2 Å². The predicted octanol–water partition coefficient (Wildman–Crippen LogP) is 3.42. The summed E-state index contributed by atoms with van der Waals surface area (Å²) >= 11 is 1.26. The first-order valence-electron chi connectivity index (χ1n) is 9.49. The maximum absolute atomic E-state index is 12.9. The van der Waals surface area contributed by atoms with Crippen LogP contribution in [-0.2, 0) is 19.6 Å². The minimum Gasteiger partial charge on any atom is -0.451 e. The number of aryl methyl sites for hydroxylation is 1. The lowest BCUT2D eigenvalue weighted by molar-refractivity contribution is -0.119. The minimum absolute atomic E-state index is 0.142. The lowest BCUT2D eigenvalue weighted by Crippen LogP contribution is -2.32. The standard InChI is InChI=1S/C20H24N2O5S2/c1-15-9-12-28-19(15)20(24)27-14-18(23)21-16-7-6-8-17(13-16)29(25,26)22-10-4-2-3-5-11-22/h6-9,12-13H,2-5,10-11,14H2,1H3,(H,21,23). The molecule has 0 saturated carbocycles. The summed E-state index contributed by atoms with van der Waals surface area (Å²) in [5.41, 5.74) is 1.14. The smallest absolute Gasteiger partial charge is 0.349 e. The predicted molar refractivity (Wildman–Crippen MR) is 112 cm³/mol. The van der Waals surface area contributed by atoms with Crippen LogP contribution < -0.4 is 5.32 Å². The van der Waals surface area contributed by atoms with Crippen LogP contribution in [0.2, 0.25) is 0 Å². The maximum atomic E-state index is 12.9. The van der Waals surface area contributed by atoms with Gasteiger partial charge in [-0.2, -0.15) is 4.31 Å². The quantitative estimate of drug-likeness (QED) is 0.701. The van der Waals surface area contributed by atoms with Gasteiger partial charge in [0.1, 0.15) is 4.88 Å². The van der Waals surface area contributed by atoms with Crippen LogP contribution in [0.25, 0.3) is 0 Å². The molecule has 7 nitrogen and oxygen atoms in total. The van der Waals surface area contributed by atoms with Gasteiger partial charge in [0.2, 0.25) is 10.0 Å². The zero-order valence-electron chi connectivity index (χ0n) is 16.2. The first-order chi connectivity index (χ1) is 13.9. The second kappa shape index (κ2) is 9.51. The molecule has 1 N–H and O–H groups in total. The Kier molecular flexibility index (Phi) is 7.05. The van der Waals surface area contributed by atoms with E-state index < -0.39 is 28.5 Å². The van der Waals surface area contributed by atoms with Crippen molar-refractivity contribution in [2.24, 2.45) is 0 Å². The number of carbonyl (C=O) groups is 2. The van der Waals surface area contributed by atoms with E-state index in [1.807, 2.05) is 0 Å². The normalized spacial score (nSPS) is 15.5. The number of hydrogen-bond donors (Lipinski definition) is 1. The summed E-state index contributed by atoms with van der Waals surface area (Å²) in [5.74, 6) is -1.08. The summed E-state index contributed by atoms with van der Waals surface area (Å²) in [6.45, 7) is 2.37. The number of carbonyl (C=O) groups excluding carboxylic acids is 2. The molecule has 0 unspecified atom stereocenters. The molecule has 1 amide bonds. The summed E-state index contributed by atoms with van der Waals surface area (Å²) in [6, 6.07) is 7.95. The fourth-order valence-corrected chi connectivity index (χ4v) is 5.52. The molecule has 0 radical (unpaired) electrons. The maximum Gasteiger partial charge on any atom is 0.349 e. The molecule has 1 saturated heterocycles. The number of benzene rings is 1. The van der Waals surface area contributed by atoms with Crippen molar-refractivity contribution in [3.05, 3.63) is 46.2 Å². The molecule has 2 aromatic rings. The average Bonchev–Trinajstić information content (AvgIpc) is 2.94. The highest BCUT2D eigenvalue weighted by atomic mass is 32.2. The van der Waals surface area contributed by atoms with E-state index in [1.165, 1.54) is 27.8 Å². The number of hydrogen-bond acceptors (Lipinski definition) is 6. The van der Waals surface area contributed by atoms with Gasteiger partial charge < -0.3 is 10.1 Å². The van der Waals surface area contributed by atoms with Crippen LogP contribution in [0.15, 0.2) is 40.6 Å². The average molecular weight is 437 g/mol. The lowest BCUT2D eigenvalue weighted by atomic mass is 10.2. The van der Waals surface area contributed by atoms with Gasteiger partial charge in [-0.05, 0) is 55.0 Å². The molecule has 1 aromatic heterocycles. The van der Waals surface area contributed by atoms with Gasteiger partial charge in [0, 0.05) is 18.8 Å². The van der Waals surface area contributed by atoms with Crippen molar-refractivity contribution in [1.82, 2.24) is 4.31 Å². The third-order valence-corrected chi connectivity index (χ3v) is 7.59. The largest absolute Gasteiger partial charge is 0.451 e. The number of ether oxygens (including phenoxy) is 1. The van der Waals surface area contributed by atoms with Crippen molar-refractivity contribution in [2.45, 2.75) is 37.5 Å². The van der Waals surface area contributed by atoms with Crippen LogP contribution in [0, 0.1) is 6.92 Å². The second-order valence-corrected chi connectivity index (χ2v) is 9.76. The zero-order chi connectivity index (χ0) is 20.9. The topological polar surface area (TPSA) is 92.8 Å². The summed E-state index contributed by atoms with van der Waals surface area (Å²) < 4.78 is 32.3. The Morgan fingerprint density at radius 1 is 1.14 bits per heavy atom. The molecule has 29 heavy (non-hydrogen) atoms. The van der Waals surface area contributed by atoms with Crippen LogP contribution in [0.3, 0.4) is 0 Å². The van der Waals surface area contributed by atoms with Gasteiger partial charge in [0.05, 0.1) is 4.90 Å². The molecule has 156 valence electrons. The van der Waals surface area contributed by atoms with Crippen LogP contribution >= 0.6 is 11.3 Å². The molecule has 1 aliphatic rings. The Morgan fingerprint density at radius 3 is 2.52 bits per heavy atom. The van der Waals surface area contributed by atoms with Crippen LogP contribution in [-0.4, -0.2) is 44.3 Å². The Labute approximate surface area is 174 Å². The lowest BCUT2D eigenvalue weighted by Gasteiger charge is -2.20. The molecule has 0 atom stereocenters. The van der Waals surface area contributed by atoms with Crippen molar-refractivity contribution in [2.75, 3.05) is 25.0 Å². The first-order valence-corrected chi connectivity index (χ1v) is 11.8. The van der Waals surface area contributed by atoms with Crippen LogP contribution in [0.4, 0.5) is 5.69 Å².